The van der Waals surface area contributed by atoms with Crippen molar-refractivity contribution in [2.45, 2.75) is 36.4 Å². The van der Waals surface area contributed by atoms with E-state index in [0.717, 1.165) is 30.6 Å². The molecule has 0 saturated heterocycles. The van der Waals surface area contributed by atoms with E-state index < -0.39 is 16.0 Å². The fraction of sp³-hybridized carbons (Fsp3) is 0.545. The molecule has 1 aromatic heterocycles. The number of aromatic carboxylic acids is 1. The van der Waals surface area contributed by atoms with Crippen molar-refractivity contribution in [3.05, 3.63) is 17.0 Å². The molecule has 0 aromatic carbocycles. The lowest BCUT2D eigenvalue weighted by Gasteiger charge is -2.03. The summed E-state index contributed by atoms with van der Waals surface area (Å²) in [6, 6.07) is 2.68. The number of carboxylic acids is 1. The lowest BCUT2D eigenvalue weighted by molar-refractivity contribution is 0.0702. The highest BCUT2D eigenvalue weighted by molar-refractivity contribution is 7.91. The van der Waals surface area contributed by atoms with Gasteiger partial charge in [-0.15, -0.1) is 11.3 Å². The van der Waals surface area contributed by atoms with E-state index >= 15 is 0 Å². The first-order chi connectivity index (χ1) is 8.44. The number of hydrogen-bond acceptors (Lipinski definition) is 4. The molecule has 1 heterocycles. The number of thiophene rings is 1. The zero-order valence-corrected chi connectivity index (χ0v) is 11.6. The molecule has 1 saturated carbocycles. The van der Waals surface area contributed by atoms with Gasteiger partial charge < -0.3 is 5.11 Å². The molecular formula is C11H15NO4S2. The third-order valence-corrected chi connectivity index (χ3v) is 6.00. The van der Waals surface area contributed by atoms with Gasteiger partial charge in [0.25, 0.3) is 0 Å². The molecule has 0 bridgehead atoms. The Bertz CT molecular complexity index is 549. The second-order valence-corrected chi connectivity index (χ2v) is 7.46. The van der Waals surface area contributed by atoms with Crippen molar-refractivity contribution in [2.24, 2.45) is 5.92 Å². The Balaban J connectivity index is 2.04. The standard InChI is InChI=1S/C11H15NO4S2/c1-2-3-7-6-8(7)12-18(15,16)10-5-4-9(17-10)11(13)14/h4-5,7-8,12H,2-3,6H2,1H3,(H,13,14). The van der Waals surface area contributed by atoms with Gasteiger partial charge in [-0.3, -0.25) is 0 Å². The molecule has 0 spiro atoms. The predicted octanol–water partition coefficient (Wildman–Crippen LogP) is 1.91. The largest absolute Gasteiger partial charge is 0.477 e. The highest BCUT2D eigenvalue weighted by Crippen LogP contribution is 2.36. The van der Waals surface area contributed by atoms with E-state index in [-0.39, 0.29) is 15.1 Å². The van der Waals surface area contributed by atoms with Crippen LogP contribution in [0.1, 0.15) is 35.9 Å². The first-order valence-corrected chi connectivity index (χ1v) is 8.09. The molecule has 2 atom stereocenters. The lowest BCUT2D eigenvalue weighted by Crippen LogP contribution is -2.26. The minimum Gasteiger partial charge on any atom is -0.477 e. The molecule has 2 unspecified atom stereocenters. The predicted molar refractivity (Wildman–Crippen MR) is 68.4 cm³/mol. The first-order valence-electron chi connectivity index (χ1n) is 5.79. The van der Waals surface area contributed by atoms with Crippen LogP contribution in [0.15, 0.2) is 16.3 Å². The maximum Gasteiger partial charge on any atom is 0.345 e. The van der Waals surface area contributed by atoms with Gasteiger partial charge in [0.05, 0.1) is 0 Å². The minimum absolute atomic E-state index is 0.0188. The van der Waals surface area contributed by atoms with Crippen molar-refractivity contribution in [2.75, 3.05) is 0 Å². The van der Waals surface area contributed by atoms with Crippen LogP contribution in [0.2, 0.25) is 0 Å². The summed E-state index contributed by atoms with van der Waals surface area (Å²) in [7, 11) is -3.56. The van der Waals surface area contributed by atoms with Crippen molar-refractivity contribution in [1.82, 2.24) is 4.72 Å². The molecule has 7 heteroatoms. The molecule has 0 aliphatic heterocycles. The summed E-state index contributed by atoms with van der Waals surface area (Å²) in [5, 5.41) is 8.77. The van der Waals surface area contributed by atoms with E-state index in [1.54, 1.807) is 0 Å². The number of rotatable bonds is 6. The normalized spacial score (nSPS) is 22.9. The maximum atomic E-state index is 12.0. The fourth-order valence-electron chi connectivity index (χ4n) is 1.92. The molecule has 18 heavy (non-hydrogen) atoms. The third-order valence-electron chi connectivity index (χ3n) is 2.95. The summed E-state index contributed by atoms with van der Waals surface area (Å²) in [5.41, 5.74) is 0. The van der Waals surface area contributed by atoms with Crippen LogP contribution in [0.4, 0.5) is 0 Å². The number of sulfonamides is 1. The molecule has 1 aliphatic carbocycles. The van der Waals surface area contributed by atoms with Gasteiger partial charge in [-0.05, 0) is 30.9 Å². The van der Waals surface area contributed by atoms with Crippen LogP contribution < -0.4 is 4.72 Å². The van der Waals surface area contributed by atoms with Crippen molar-refractivity contribution in [1.29, 1.82) is 0 Å². The topological polar surface area (TPSA) is 83.5 Å². The molecule has 1 aliphatic rings. The van der Waals surface area contributed by atoms with E-state index in [0.29, 0.717) is 5.92 Å². The second-order valence-electron chi connectivity index (χ2n) is 4.44. The lowest BCUT2D eigenvalue weighted by atomic mass is 10.2. The Morgan fingerprint density at radius 1 is 1.56 bits per heavy atom. The van der Waals surface area contributed by atoms with E-state index in [2.05, 4.69) is 11.6 Å². The van der Waals surface area contributed by atoms with Gasteiger partial charge in [0.15, 0.2) is 0 Å². The second kappa shape index (κ2) is 4.99. The fourth-order valence-corrected chi connectivity index (χ4v) is 4.40. The van der Waals surface area contributed by atoms with Crippen LogP contribution in [0.25, 0.3) is 0 Å². The molecule has 2 rings (SSSR count). The van der Waals surface area contributed by atoms with Gasteiger partial charge >= 0.3 is 5.97 Å². The van der Waals surface area contributed by atoms with E-state index in [4.69, 9.17) is 5.11 Å². The van der Waals surface area contributed by atoms with Crippen molar-refractivity contribution < 1.29 is 18.3 Å². The number of carboxylic acid groups (broad SMARTS) is 1. The van der Waals surface area contributed by atoms with Crippen molar-refractivity contribution >= 4 is 27.3 Å². The SMILES string of the molecule is CCCC1CC1NS(=O)(=O)c1ccc(C(=O)O)s1. The van der Waals surface area contributed by atoms with E-state index in [1.165, 1.54) is 12.1 Å². The molecular weight excluding hydrogens is 274 g/mol. The zero-order valence-electron chi connectivity index (χ0n) is 9.92. The van der Waals surface area contributed by atoms with Gasteiger partial charge in [-0.2, -0.15) is 0 Å². The van der Waals surface area contributed by atoms with Crippen LogP contribution in [-0.2, 0) is 10.0 Å². The molecule has 0 radical (unpaired) electrons. The average molecular weight is 289 g/mol. The van der Waals surface area contributed by atoms with Crippen molar-refractivity contribution in [3.63, 3.8) is 0 Å². The number of hydrogen-bond donors (Lipinski definition) is 2. The molecule has 100 valence electrons. The van der Waals surface area contributed by atoms with E-state index in [1.807, 2.05) is 0 Å². The number of carbonyl (C=O) groups is 1. The Morgan fingerprint density at radius 2 is 2.28 bits per heavy atom. The Labute approximate surface area is 110 Å². The molecule has 1 aromatic rings. The molecule has 1 fully saturated rings. The smallest absolute Gasteiger partial charge is 0.345 e. The zero-order chi connectivity index (χ0) is 13.3. The molecule has 2 N–H and O–H groups in total. The quantitative estimate of drug-likeness (QED) is 0.838. The summed E-state index contributed by atoms with van der Waals surface area (Å²) >= 11 is 0.782. The monoisotopic (exact) mass is 289 g/mol. The van der Waals surface area contributed by atoms with Gasteiger partial charge in [-0.1, -0.05) is 13.3 Å². The van der Waals surface area contributed by atoms with Gasteiger partial charge in [0.1, 0.15) is 9.09 Å². The van der Waals surface area contributed by atoms with Crippen LogP contribution in [0.3, 0.4) is 0 Å². The molecule has 0 amide bonds. The molecule has 5 nitrogen and oxygen atoms in total. The highest BCUT2D eigenvalue weighted by Gasteiger charge is 2.39. The summed E-state index contributed by atoms with van der Waals surface area (Å²) in [5.74, 6) is -0.666. The van der Waals surface area contributed by atoms with Crippen LogP contribution in [0.5, 0.6) is 0 Å². The van der Waals surface area contributed by atoms with Gasteiger partial charge in [-0.25, -0.2) is 17.9 Å². The summed E-state index contributed by atoms with van der Waals surface area (Å²) in [4.78, 5) is 10.7. The Morgan fingerprint density at radius 3 is 2.83 bits per heavy atom. The maximum absolute atomic E-state index is 12.0. The minimum atomic E-state index is -3.56. The van der Waals surface area contributed by atoms with Crippen LogP contribution in [-0.4, -0.2) is 25.5 Å². The van der Waals surface area contributed by atoms with Gasteiger partial charge in [0.2, 0.25) is 10.0 Å². The highest BCUT2D eigenvalue weighted by atomic mass is 32.2. The van der Waals surface area contributed by atoms with Crippen molar-refractivity contribution in [3.8, 4) is 0 Å². The van der Waals surface area contributed by atoms with Crippen LogP contribution in [0, 0.1) is 5.92 Å². The third kappa shape index (κ3) is 2.90. The summed E-state index contributed by atoms with van der Waals surface area (Å²) < 4.78 is 26.6. The first kappa shape index (κ1) is 13.5. The van der Waals surface area contributed by atoms with Crippen LogP contribution >= 0.6 is 11.3 Å². The van der Waals surface area contributed by atoms with E-state index in [9.17, 15) is 13.2 Å². The average Bonchev–Trinajstić information content (AvgIpc) is 2.83. The Kier molecular flexibility index (Phi) is 3.74. The van der Waals surface area contributed by atoms with Gasteiger partial charge in [0, 0.05) is 6.04 Å². The Hall–Kier alpha value is -0.920. The summed E-state index contributed by atoms with van der Waals surface area (Å²) in [6.07, 6.45) is 2.95. The summed E-state index contributed by atoms with van der Waals surface area (Å²) in [6.45, 7) is 2.07. The number of nitrogens with one attached hydrogen (secondary N) is 1.